The topological polar surface area (TPSA) is 72.0 Å². The average molecular weight is 418 g/mol. The van der Waals surface area contributed by atoms with Crippen LogP contribution >= 0.6 is 11.3 Å². The summed E-state index contributed by atoms with van der Waals surface area (Å²) in [5.74, 6) is 2.97. The summed E-state index contributed by atoms with van der Waals surface area (Å²) in [6, 6.07) is 0. The molecule has 6 rings (SSSR count). The molecule has 5 aliphatic rings. The molecule has 29 heavy (non-hydrogen) atoms. The predicted molar refractivity (Wildman–Crippen MR) is 113 cm³/mol. The highest BCUT2D eigenvalue weighted by atomic mass is 32.1. The van der Waals surface area contributed by atoms with E-state index in [0.717, 1.165) is 42.6 Å². The van der Waals surface area contributed by atoms with Gasteiger partial charge in [-0.15, -0.1) is 11.3 Å². The van der Waals surface area contributed by atoms with Gasteiger partial charge in [0.15, 0.2) is 6.54 Å². The van der Waals surface area contributed by atoms with Crippen LogP contribution < -0.4 is 10.6 Å². The van der Waals surface area contributed by atoms with Crippen molar-refractivity contribution in [3.8, 4) is 0 Å². The van der Waals surface area contributed by atoms with E-state index in [-0.39, 0.29) is 11.9 Å². The van der Waals surface area contributed by atoms with Crippen molar-refractivity contribution >= 4 is 28.2 Å². The summed E-state index contributed by atoms with van der Waals surface area (Å²) in [6.45, 7) is 2.70. The first-order valence-electron chi connectivity index (χ1n) is 11.3. The van der Waals surface area contributed by atoms with Crippen molar-refractivity contribution in [2.24, 2.45) is 23.7 Å². The van der Waals surface area contributed by atoms with Crippen LogP contribution in [0.15, 0.2) is 0 Å². The van der Waals surface area contributed by atoms with Crippen molar-refractivity contribution in [1.82, 2.24) is 0 Å². The van der Waals surface area contributed by atoms with E-state index in [2.05, 4.69) is 17.6 Å². The Balaban J connectivity index is 1.28. The highest BCUT2D eigenvalue weighted by molar-refractivity contribution is 7.17. The first kappa shape index (κ1) is 19.6. The van der Waals surface area contributed by atoms with Gasteiger partial charge in [0.25, 0.3) is 5.91 Å². The molecule has 5 nitrogen and oxygen atoms in total. The van der Waals surface area contributed by atoms with Crippen molar-refractivity contribution in [2.75, 3.05) is 19.0 Å². The fourth-order valence-corrected chi connectivity index (χ4v) is 8.49. The minimum absolute atomic E-state index is 0.0116. The van der Waals surface area contributed by atoms with Crippen LogP contribution in [0.2, 0.25) is 0 Å². The molecule has 1 aromatic rings. The number of nitrogens with one attached hydrogen (secondary N) is 1. The molecule has 0 unspecified atom stereocenters. The molecular weight excluding hydrogens is 384 g/mol. The van der Waals surface area contributed by atoms with Gasteiger partial charge in [0, 0.05) is 24.1 Å². The number of esters is 1. The molecule has 1 aromatic heterocycles. The molecule has 0 spiro atoms. The van der Waals surface area contributed by atoms with Crippen LogP contribution in [-0.2, 0) is 22.4 Å². The fourth-order valence-electron chi connectivity index (χ4n) is 7.07. The second-order valence-corrected chi connectivity index (χ2v) is 11.4. The van der Waals surface area contributed by atoms with Gasteiger partial charge in [0.2, 0.25) is 0 Å². The van der Waals surface area contributed by atoms with Gasteiger partial charge in [0.05, 0.1) is 18.2 Å². The molecule has 0 saturated heterocycles. The number of methoxy groups -OCH3 is 1. The molecule has 3 N–H and O–H groups in total. The number of hydrogen-bond acceptors (Lipinski definition) is 4. The Kier molecular flexibility index (Phi) is 4.98. The summed E-state index contributed by atoms with van der Waals surface area (Å²) in [6.07, 6.45) is 11.1. The van der Waals surface area contributed by atoms with Crippen LogP contribution in [0.1, 0.15) is 72.7 Å². The molecule has 0 radical (unpaired) electrons. The lowest BCUT2D eigenvalue weighted by atomic mass is 9.53. The molecule has 1 amide bonds. The molecule has 0 aliphatic heterocycles. The van der Waals surface area contributed by atoms with E-state index in [1.165, 1.54) is 50.5 Å². The maximum Gasteiger partial charge on any atom is 0.341 e. The first-order valence-corrected chi connectivity index (χ1v) is 12.1. The number of rotatable bonds is 5. The van der Waals surface area contributed by atoms with Gasteiger partial charge < -0.3 is 15.4 Å². The van der Waals surface area contributed by atoms with Gasteiger partial charge in [0.1, 0.15) is 5.00 Å². The van der Waals surface area contributed by atoms with Crippen molar-refractivity contribution in [3.63, 3.8) is 0 Å². The van der Waals surface area contributed by atoms with Gasteiger partial charge in [-0.05, 0) is 67.8 Å². The number of carbonyl (C=O) groups excluding carboxylic acids is 2. The minimum atomic E-state index is -0.322. The summed E-state index contributed by atoms with van der Waals surface area (Å²) in [5.41, 5.74) is 1.99. The number of amides is 1. The summed E-state index contributed by atoms with van der Waals surface area (Å²) in [5, 5.41) is 6.11. The Morgan fingerprint density at radius 1 is 1.17 bits per heavy atom. The molecule has 4 saturated carbocycles. The van der Waals surface area contributed by atoms with Crippen molar-refractivity contribution in [3.05, 3.63) is 16.0 Å². The van der Waals surface area contributed by atoms with Gasteiger partial charge in [-0.3, -0.25) is 4.79 Å². The highest BCUT2D eigenvalue weighted by Gasteiger charge is 2.53. The van der Waals surface area contributed by atoms with Crippen molar-refractivity contribution < 1.29 is 19.6 Å². The van der Waals surface area contributed by atoms with E-state index in [9.17, 15) is 9.59 Å². The number of ether oxygens (including phenoxy) is 1. The van der Waals surface area contributed by atoms with Crippen molar-refractivity contribution in [1.29, 1.82) is 0 Å². The molecule has 4 fully saturated rings. The molecule has 5 aliphatic carbocycles. The number of nitrogens with two attached hydrogens (primary N) is 1. The van der Waals surface area contributed by atoms with E-state index in [1.54, 1.807) is 11.3 Å². The van der Waals surface area contributed by atoms with Gasteiger partial charge in [-0.2, -0.15) is 0 Å². The lowest BCUT2D eigenvalue weighted by molar-refractivity contribution is -0.729. The number of quaternary nitrogens is 1. The van der Waals surface area contributed by atoms with Crippen LogP contribution in [0.4, 0.5) is 5.00 Å². The highest BCUT2D eigenvalue weighted by Crippen LogP contribution is 2.54. The predicted octanol–water partition coefficient (Wildman–Crippen LogP) is 3.13. The van der Waals surface area contributed by atoms with Crippen LogP contribution in [0.5, 0.6) is 0 Å². The van der Waals surface area contributed by atoms with Crippen LogP contribution in [-0.4, -0.2) is 31.1 Å². The third-order valence-corrected chi connectivity index (χ3v) is 9.13. The van der Waals surface area contributed by atoms with Crippen LogP contribution in [0, 0.1) is 23.7 Å². The minimum Gasteiger partial charge on any atom is -0.465 e. The lowest BCUT2D eigenvalue weighted by Gasteiger charge is -2.54. The quantitative estimate of drug-likeness (QED) is 0.723. The van der Waals surface area contributed by atoms with E-state index in [0.29, 0.717) is 28.6 Å². The zero-order valence-electron chi connectivity index (χ0n) is 17.6. The molecule has 158 valence electrons. The van der Waals surface area contributed by atoms with E-state index in [1.807, 2.05) is 0 Å². The van der Waals surface area contributed by atoms with Gasteiger partial charge in [-0.1, -0.05) is 6.92 Å². The summed E-state index contributed by atoms with van der Waals surface area (Å²) < 4.78 is 5.04. The number of anilines is 1. The second-order valence-electron chi connectivity index (χ2n) is 10.3. The first-order chi connectivity index (χ1) is 13.9. The maximum atomic E-state index is 12.9. The molecule has 0 aromatic carbocycles. The molecule has 1 heterocycles. The smallest absolute Gasteiger partial charge is 0.341 e. The van der Waals surface area contributed by atoms with Crippen LogP contribution in [0.25, 0.3) is 0 Å². The van der Waals surface area contributed by atoms with Gasteiger partial charge in [-0.25, -0.2) is 4.79 Å². The van der Waals surface area contributed by atoms with Gasteiger partial charge >= 0.3 is 5.97 Å². The third-order valence-electron chi connectivity index (χ3n) is 7.96. The Morgan fingerprint density at radius 2 is 1.83 bits per heavy atom. The Bertz CT molecular complexity index is 795. The second kappa shape index (κ2) is 7.38. The number of carbonyl (C=O) groups is 2. The largest absolute Gasteiger partial charge is 0.465 e. The Labute approximate surface area is 177 Å². The fraction of sp³-hybridized carbons (Fsp3) is 0.739. The summed E-state index contributed by atoms with van der Waals surface area (Å²) in [4.78, 5) is 26.5. The standard InChI is InChI=1S/C23H32N2O3S/c1-13-3-4-17-18(5-13)29-21(20(17)22(27)28-2)25-19(26)12-24-23-9-14-6-15(10-23)8-16(7-14)11-23/h13-16,24H,3-12H2,1-2H3,(H,25,26)/p+1/t13-,14?,15?,16?,23?/m1/s1. The Hall–Kier alpha value is -1.40. The third kappa shape index (κ3) is 3.63. The summed E-state index contributed by atoms with van der Waals surface area (Å²) in [7, 11) is 1.42. The van der Waals surface area contributed by atoms with E-state index >= 15 is 0 Å². The summed E-state index contributed by atoms with van der Waals surface area (Å²) >= 11 is 1.58. The number of fused-ring (bicyclic) bond motifs is 1. The number of thiophene rings is 1. The molecule has 4 bridgehead atoms. The van der Waals surface area contributed by atoms with E-state index in [4.69, 9.17) is 4.74 Å². The SMILES string of the molecule is COC(=O)c1c(NC(=O)C[NH2+]C23CC4CC(CC(C4)C2)C3)sc2c1CC[C@@H](C)C2. The molecule has 6 heteroatoms. The Morgan fingerprint density at radius 3 is 2.45 bits per heavy atom. The van der Waals surface area contributed by atoms with Crippen molar-refractivity contribution in [2.45, 2.75) is 70.3 Å². The number of hydrogen-bond donors (Lipinski definition) is 2. The zero-order valence-corrected chi connectivity index (χ0v) is 18.4. The molecule has 1 atom stereocenters. The van der Waals surface area contributed by atoms with E-state index < -0.39 is 0 Å². The molecular formula is C23H33N2O3S+. The van der Waals surface area contributed by atoms with Crippen LogP contribution in [0.3, 0.4) is 0 Å². The monoisotopic (exact) mass is 417 g/mol. The average Bonchev–Trinajstić information content (AvgIpc) is 3.01. The zero-order chi connectivity index (χ0) is 20.2. The normalized spacial score (nSPS) is 34.7. The maximum absolute atomic E-state index is 12.9. The lowest BCUT2D eigenvalue weighted by Crippen LogP contribution is -3.00.